The molecule has 0 radical (unpaired) electrons. The molecular formula is C20H22ClF3N2O2. The van der Waals surface area contributed by atoms with E-state index in [9.17, 15) is 18.0 Å². The zero-order valence-corrected chi connectivity index (χ0v) is 15.9. The van der Waals surface area contributed by atoms with Gasteiger partial charge >= 0.3 is 6.36 Å². The molecule has 0 unspecified atom stereocenters. The molecule has 0 aromatic heterocycles. The minimum absolute atomic E-state index is 0. The zero-order chi connectivity index (χ0) is 19.4. The van der Waals surface area contributed by atoms with Crippen molar-refractivity contribution in [3.8, 4) is 5.75 Å². The number of hydrogen-bond acceptors (Lipinski definition) is 3. The van der Waals surface area contributed by atoms with Crippen molar-refractivity contribution >= 4 is 18.3 Å². The third-order valence-corrected chi connectivity index (χ3v) is 4.73. The number of benzene rings is 2. The molecule has 2 aromatic rings. The van der Waals surface area contributed by atoms with E-state index >= 15 is 0 Å². The number of nitrogens with zero attached hydrogens (tertiary/aromatic N) is 1. The van der Waals surface area contributed by atoms with Crippen molar-refractivity contribution < 1.29 is 22.7 Å². The second kappa shape index (κ2) is 9.30. The SMILES string of the molecule is Cl.N[C@@H]1CN(C(=O)CCc2ccc(OC(F)(F)F)cc2)C[C@H]1c1ccccc1. The van der Waals surface area contributed by atoms with Crippen LogP contribution in [0.15, 0.2) is 54.6 Å². The van der Waals surface area contributed by atoms with E-state index in [-0.39, 0.29) is 42.4 Å². The predicted molar refractivity (Wildman–Crippen MR) is 102 cm³/mol. The summed E-state index contributed by atoms with van der Waals surface area (Å²) in [6, 6.07) is 15.4. The lowest BCUT2D eigenvalue weighted by molar-refractivity contribution is -0.274. The van der Waals surface area contributed by atoms with E-state index in [4.69, 9.17) is 5.73 Å². The van der Waals surface area contributed by atoms with Crippen molar-refractivity contribution in [3.05, 3.63) is 65.7 Å². The summed E-state index contributed by atoms with van der Waals surface area (Å²) < 4.78 is 40.4. The molecule has 1 heterocycles. The average molecular weight is 415 g/mol. The van der Waals surface area contributed by atoms with E-state index in [1.807, 2.05) is 30.3 Å². The normalized spacial score (nSPS) is 19.2. The number of amides is 1. The molecule has 0 saturated carbocycles. The number of carbonyl (C=O) groups is 1. The molecular weight excluding hydrogens is 393 g/mol. The number of ether oxygens (including phenoxy) is 1. The highest BCUT2D eigenvalue weighted by atomic mass is 35.5. The summed E-state index contributed by atoms with van der Waals surface area (Å²) in [6.45, 7) is 1.10. The third kappa shape index (κ3) is 5.87. The van der Waals surface area contributed by atoms with E-state index in [0.29, 0.717) is 19.5 Å². The van der Waals surface area contributed by atoms with E-state index in [0.717, 1.165) is 11.1 Å². The van der Waals surface area contributed by atoms with Gasteiger partial charge < -0.3 is 15.4 Å². The topological polar surface area (TPSA) is 55.6 Å². The van der Waals surface area contributed by atoms with Gasteiger partial charge in [-0.1, -0.05) is 42.5 Å². The molecule has 28 heavy (non-hydrogen) atoms. The largest absolute Gasteiger partial charge is 0.573 e. The highest BCUT2D eigenvalue weighted by Crippen LogP contribution is 2.27. The van der Waals surface area contributed by atoms with Crippen molar-refractivity contribution in [1.82, 2.24) is 4.90 Å². The number of aryl methyl sites for hydroxylation is 1. The molecule has 4 nitrogen and oxygen atoms in total. The molecule has 1 aliphatic heterocycles. The van der Waals surface area contributed by atoms with Gasteiger partial charge in [-0.15, -0.1) is 25.6 Å². The van der Waals surface area contributed by atoms with Crippen molar-refractivity contribution in [1.29, 1.82) is 0 Å². The fraction of sp³-hybridized carbons (Fsp3) is 0.350. The van der Waals surface area contributed by atoms with Gasteiger partial charge in [-0.2, -0.15) is 0 Å². The molecule has 1 fully saturated rings. The average Bonchev–Trinajstić information content (AvgIpc) is 3.02. The Hall–Kier alpha value is -2.25. The van der Waals surface area contributed by atoms with Crippen LogP contribution in [-0.2, 0) is 11.2 Å². The number of nitrogens with two attached hydrogens (primary N) is 1. The maximum Gasteiger partial charge on any atom is 0.573 e. The summed E-state index contributed by atoms with van der Waals surface area (Å²) >= 11 is 0. The second-order valence-electron chi connectivity index (χ2n) is 6.67. The Morgan fingerprint density at radius 3 is 2.32 bits per heavy atom. The van der Waals surface area contributed by atoms with Crippen LogP contribution >= 0.6 is 12.4 Å². The summed E-state index contributed by atoms with van der Waals surface area (Å²) in [6.07, 6.45) is -3.97. The Kier molecular flexibility index (Phi) is 7.32. The number of halogens is 4. The first kappa shape index (κ1) is 22.0. The van der Waals surface area contributed by atoms with Gasteiger partial charge in [-0.05, 0) is 29.7 Å². The molecule has 0 spiro atoms. The molecule has 8 heteroatoms. The molecule has 1 amide bonds. The monoisotopic (exact) mass is 414 g/mol. The third-order valence-electron chi connectivity index (χ3n) is 4.73. The van der Waals surface area contributed by atoms with Gasteiger partial charge in [0.1, 0.15) is 5.75 Å². The quantitative estimate of drug-likeness (QED) is 0.807. The summed E-state index contributed by atoms with van der Waals surface area (Å²) in [5.74, 6) is -0.151. The van der Waals surface area contributed by atoms with E-state index in [2.05, 4.69) is 4.74 Å². The van der Waals surface area contributed by atoms with Gasteiger partial charge in [0, 0.05) is 31.5 Å². The summed E-state index contributed by atoms with van der Waals surface area (Å²) in [5.41, 5.74) is 8.12. The van der Waals surface area contributed by atoms with Crippen LogP contribution in [0.4, 0.5) is 13.2 Å². The fourth-order valence-corrected chi connectivity index (χ4v) is 3.35. The minimum Gasteiger partial charge on any atom is -0.406 e. The van der Waals surface area contributed by atoms with Gasteiger partial charge in [-0.3, -0.25) is 4.79 Å². The van der Waals surface area contributed by atoms with Gasteiger partial charge in [0.25, 0.3) is 0 Å². The van der Waals surface area contributed by atoms with Crippen molar-refractivity contribution in [2.45, 2.75) is 31.2 Å². The van der Waals surface area contributed by atoms with E-state index < -0.39 is 6.36 Å². The van der Waals surface area contributed by atoms with Crippen LogP contribution in [0.1, 0.15) is 23.5 Å². The van der Waals surface area contributed by atoms with Crippen molar-refractivity contribution in [2.24, 2.45) is 5.73 Å². The summed E-state index contributed by atoms with van der Waals surface area (Å²) in [4.78, 5) is 14.3. The molecule has 1 saturated heterocycles. The van der Waals surface area contributed by atoms with E-state index in [1.165, 1.54) is 24.3 Å². The van der Waals surface area contributed by atoms with Crippen LogP contribution in [0.3, 0.4) is 0 Å². The molecule has 0 aliphatic carbocycles. The lowest BCUT2D eigenvalue weighted by atomic mass is 9.95. The maximum atomic E-state index is 12.5. The molecule has 152 valence electrons. The fourth-order valence-electron chi connectivity index (χ4n) is 3.35. The number of rotatable bonds is 5. The highest BCUT2D eigenvalue weighted by molar-refractivity contribution is 5.85. The first-order valence-corrected chi connectivity index (χ1v) is 8.75. The highest BCUT2D eigenvalue weighted by Gasteiger charge is 2.33. The van der Waals surface area contributed by atoms with Gasteiger partial charge in [0.15, 0.2) is 0 Å². The Balaban J connectivity index is 0.00000280. The second-order valence-corrected chi connectivity index (χ2v) is 6.67. The van der Waals surface area contributed by atoms with Crippen LogP contribution in [0.5, 0.6) is 5.75 Å². The number of hydrogen-bond donors (Lipinski definition) is 1. The number of likely N-dealkylation sites (tertiary alicyclic amines) is 1. The molecule has 3 rings (SSSR count). The zero-order valence-electron chi connectivity index (χ0n) is 15.1. The first-order chi connectivity index (χ1) is 12.8. The molecule has 2 atom stereocenters. The number of alkyl halides is 3. The van der Waals surface area contributed by atoms with E-state index in [1.54, 1.807) is 4.90 Å². The van der Waals surface area contributed by atoms with Crippen LogP contribution in [-0.4, -0.2) is 36.3 Å². The standard InChI is InChI=1S/C20H21F3N2O2.ClH/c21-20(22,23)27-16-9-6-14(7-10-16)8-11-19(26)25-12-17(18(24)13-25)15-4-2-1-3-5-15;/h1-7,9-10,17-18H,8,11-13,24H2;1H/t17-,18+;/m0./s1. The minimum atomic E-state index is -4.71. The Bertz CT molecular complexity index is 769. The summed E-state index contributed by atoms with van der Waals surface area (Å²) in [7, 11) is 0. The lowest BCUT2D eigenvalue weighted by Gasteiger charge is -2.16. The van der Waals surface area contributed by atoms with Crippen LogP contribution in [0.25, 0.3) is 0 Å². The van der Waals surface area contributed by atoms with Gasteiger partial charge in [0.05, 0.1) is 0 Å². The van der Waals surface area contributed by atoms with Crippen molar-refractivity contribution in [2.75, 3.05) is 13.1 Å². The summed E-state index contributed by atoms with van der Waals surface area (Å²) in [5, 5.41) is 0. The van der Waals surface area contributed by atoms with Crippen LogP contribution < -0.4 is 10.5 Å². The van der Waals surface area contributed by atoms with Gasteiger partial charge in [0.2, 0.25) is 5.91 Å². The molecule has 1 aliphatic rings. The predicted octanol–water partition coefficient (Wildman–Crippen LogP) is 3.89. The number of carbonyl (C=O) groups excluding carboxylic acids is 1. The van der Waals surface area contributed by atoms with Gasteiger partial charge in [-0.25, -0.2) is 0 Å². The maximum absolute atomic E-state index is 12.5. The Morgan fingerprint density at radius 1 is 1.07 bits per heavy atom. The lowest BCUT2D eigenvalue weighted by Crippen LogP contribution is -2.32. The van der Waals surface area contributed by atoms with Crippen molar-refractivity contribution in [3.63, 3.8) is 0 Å². The smallest absolute Gasteiger partial charge is 0.406 e. The van der Waals surface area contributed by atoms with Crippen LogP contribution in [0.2, 0.25) is 0 Å². The Labute approximate surface area is 167 Å². The Morgan fingerprint density at radius 2 is 1.71 bits per heavy atom. The van der Waals surface area contributed by atoms with Crippen LogP contribution in [0, 0.1) is 0 Å². The molecule has 2 N–H and O–H groups in total. The molecule has 2 aromatic carbocycles. The molecule has 0 bridgehead atoms. The first-order valence-electron chi connectivity index (χ1n) is 8.75.